The summed E-state index contributed by atoms with van der Waals surface area (Å²) < 4.78 is 15.9. The summed E-state index contributed by atoms with van der Waals surface area (Å²) in [6, 6.07) is 5.60. The van der Waals surface area contributed by atoms with Crippen LogP contribution >= 0.6 is 0 Å². The molecule has 0 atom stereocenters. The maximum atomic E-state index is 5.50. The lowest BCUT2D eigenvalue weighted by Gasteiger charge is -2.05. The van der Waals surface area contributed by atoms with Gasteiger partial charge in [-0.2, -0.15) is 0 Å². The molecule has 3 nitrogen and oxygen atoms in total. The van der Waals surface area contributed by atoms with Crippen molar-refractivity contribution in [3.8, 4) is 17.2 Å². The second-order valence-corrected chi connectivity index (χ2v) is 3.07. The van der Waals surface area contributed by atoms with Crippen LogP contribution in [0.2, 0.25) is 0 Å². The maximum Gasteiger partial charge on any atom is 0.231 e. The van der Waals surface area contributed by atoms with Crippen molar-refractivity contribution in [2.24, 2.45) is 0 Å². The predicted molar refractivity (Wildman–Crippen MR) is 52.7 cm³/mol. The molecular formula is C11H13O3. The van der Waals surface area contributed by atoms with E-state index in [1.807, 2.05) is 18.2 Å². The standard InChI is InChI=1S/C11H13O3/c1-2-3-6-12-9-4-5-10-11(7-9)14-8-13-10/h4-5,7H,1-3,6,8H2. The van der Waals surface area contributed by atoms with Crippen LogP contribution in [0.4, 0.5) is 0 Å². The van der Waals surface area contributed by atoms with Gasteiger partial charge >= 0.3 is 0 Å². The van der Waals surface area contributed by atoms with Crippen LogP contribution in [0.5, 0.6) is 17.2 Å². The molecule has 1 heterocycles. The summed E-state index contributed by atoms with van der Waals surface area (Å²) in [5.74, 6) is 2.37. The Labute approximate surface area is 83.6 Å². The van der Waals surface area contributed by atoms with Gasteiger partial charge in [-0.25, -0.2) is 0 Å². The van der Waals surface area contributed by atoms with E-state index in [2.05, 4.69) is 6.92 Å². The fourth-order valence-electron chi connectivity index (χ4n) is 1.26. The fraction of sp³-hybridized carbons (Fsp3) is 0.364. The number of ether oxygens (including phenoxy) is 3. The molecule has 0 amide bonds. The zero-order valence-electron chi connectivity index (χ0n) is 7.99. The third-order valence-corrected chi connectivity index (χ3v) is 2.01. The van der Waals surface area contributed by atoms with Crippen LogP contribution in [0.3, 0.4) is 0 Å². The average Bonchev–Trinajstić information content (AvgIpc) is 2.65. The van der Waals surface area contributed by atoms with E-state index in [0.717, 1.165) is 30.1 Å². The first-order valence-corrected chi connectivity index (χ1v) is 4.72. The highest BCUT2D eigenvalue weighted by Crippen LogP contribution is 2.35. The quantitative estimate of drug-likeness (QED) is 0.687. The summed E-state index contributed by atoms with van der Waals surface area (Å²) >= 11 is 0. The van der Waals surface area contributed by atoms with Crippen LogP contribution in [0.15, 0.2) is 18.2 Å². The summed E-state index contributed by atoms with van der Waals surface area (Å²) in [4.78, 5) is 0. The fourth-order valence-corrected chi connectivity index (χ4v) is 1.26. The molecule has 0 N–H and O–H groups in total. The van der Waals surface area contributed by atoms with Gasteiger partial charge < -0.3 is 14.2 Å². The van der Waals surface area contributed by atoms with Crippen molar-refractivity contribution >= 4 is 0 Å². The average molecular weight is 193 g/mol. The highest BCUT2D eigenvalue weighted by Gasteiger charge is 2.13. The summed E-state index contributed by atoms with van der Waals surface area (Å²) in [6.07, 6.45) is 1.86. The Morgan fingerprint density at radius 2 is 2.14 bits per heavy atom. The van der Waals surface area contributed by atoms with Crippen molar-refractivity contribution < 1.29 is 14.2 Å². The number of fused-ring (bicyclic) bond motifs is 1. The number of hydrogen-bond donors (Lipinski definition) is 0. The molecule has 0 aliphatic carbocycles. The predicted octanol–water partition coefficient (Wildman–Crippen LogP) is 2.41. The molecule has 0 aromatic heterocycles. The zero-order valence-corrected chi connectivity index (χ0v) is 7.99. The van der Waals surface area contributed by atoms with Gasteiger partial charge in [-0.3, -0.25) is 0 Å². The first kappa shape index (κ1) is 9.19. The number of rotatable bonds is 4. The smallest absolute Gasteiger partial charge is 0.231 e. The van der Waals surface area contributed by atoms with E-state index in [0.29, 0.717) is 13.4 Å². The van der Waals surface area contributed by atoms with Gasteiger partial charge in [-0.15, -0.1) is 0 Å². The summed E-state index contributed by atoms with van der Waals surface area (Å²) in [5.41, 5.74) is 0. The monoisotopic (exact) mass is 193 g/mol. The van der Waals surface area contributed by atoms with E-state index in [1.165, 1.54) is 0 Å². The van der Waals surface area contributed by atoms with Crippen molar-refractivity contribution in [1.82, 2.24) is 0 Å². The third-order valence-electron chi connectivity index (χ3n) is 2.01. The SMILES string of the molecule is [CH2]CCCOc1ccc2c(c1)OCO2. The minimum atomic E-state index is 0.303. The summed E-state index contributed by atoms with van der Waals surface area (Å²) in [6.45, 7) is 4.75. The van der Waals surface area contributed by atoms with Gasteiger partial charge in [0.05, 0.1) is 6.61 Å². The minimum absolute atomic E-state index is 0.303. The van der Waals surface area contributed by atoms with Crippen molar-refractivity contribution in [2.45, 2.75) is 12.8 Å². The first-order chi connectivity index (χ1) is 6.90. The molecule has 0 saturated heterocycles. The van der Waals surface area contributed by atoms with Crippen LogP contribution in [0.1, 0.15) is 12.8 Å². The summed E-state index contributed by atoms with van der Waals surface area (Å²) in [5, 5.41) is 0. The third kappa shape index (κ3) is 1.92. The second kappa shape index (κ2) is 4.22. The Balaban J connectivity index is 1.98. The maximum absolute atomic E-state index is 5.50. The lowest BCUT2D eigenvalue weighted by atomic mass is 10.3. The van der Waals surface area contributed by atoms with Gasteiger partial charge in [0.15, 0.2) is 11.5 Å². The first-order valence-electron chi connectivity index (χ1n) is 4.72. The van der Waals surface area contributed by atoms with Crippen molar-refractivity contribution in [3.05, 3.63) is 25.1 Å². The van der Waals surface area contributed by atoms with E-state index in [4.69, 9.17) is 14.2 Å². The van der Waals surface area contributed by atoms with Gasteiger partial charge in [-0.05, 0) is 18.6 Å². The molecular weight excluding hydrogens is 180 g/mol. The van der Waals surface area contributed by atoms with Crippen molar-refractivity contribution in [1.29, 1.82) is 0 Å². The molecule has 1 radical (unpaired) electrons. The molecule has 0 unspecified atom stereocenters. The Kier molecular flexibility index (Phi) is 2.77. The molecule has 2 rings (SSSR count). The van der Waals surface area contributed by atoms with Gasteiger partial charge in [0.25, 0.3) is 0 Å². The van der Waals surface area contributed by atoms with Crippen LogP contribution in [0, 0.1) is 6.92 Å². The van der Waals surface area contributed by atoms with Gasteiger partial charge in [0.1, 0.15) is 5.75 Å². The summed E-state index contributed by atoms with van der Waals surface area (Å²) in [7, 11) is 0. The Hall–Kier alpha value is -1.38. The van der Waals surface area contributed by atoms with Gasteiger partial charge in [-0.1, -0.05) is 13.3 Å². The highest BCUT2D eigenvalue weighted by atomic mass is 16.7. The van der Waals surface area contributed by atoms with E-state index in [-0.39, 0.29) is 0 Å². The molecule has 1 aliphatic heterocycles. The van der Waals surface area contributed by atoms with E-state index >= 15 is 0 Å². The van der Waals surface area contributed by atoms with Crippen LogP contribution < -0.4 is 14.2 Å². The molecule has 14 heavy (non-hydrogen) atoms. The number of benzene rings is 1. The Morgan fingerprint density at radius 1 is 1.29 bits per heavy atom. The van der Waals surface area contributed by atoms with E-state index in [1.54, 1.807) is 0 Å². The molecule has 75 valence electrons. The Bertz CT molecular complexity index is 309. The molecule has 1 aliphatic rings. The molecule has 3 heteroatoms. The lowest BCUT2D eigenvalue weighted by Crippen LogP contribution is -1.96. The van der Waals surface area contributed by atoms with Gasteiger partial charge in [0, 0.05) is 6.07 Å². The molecule has 1 aromatic carbocycles. The van der Waals surface area contributed by atoms with E-state index < -0.39 is 0 Å². The van der Waals surface area contributed by atoms with Crippen LogP contribution in [0.25, 0.3) is 0 Å². The van der Waals surface area contributed by atoms with Crippen molar-refractivity contribution in [3.63, 3.8) is 0 Å². The minimum Gasteiger partial charge on any atom is -0.493 e. The topological polar surface area (TPSA) is 27.7 Å². The Morgan fingerprint density at radius 3 is 3.00 bits per heavy atom. The highest BCUT2D eigenvalue weighted by molar-refractivity contribution is 5.46. The largest absolute Gasteiger partial charge is 0.493 e. The van der Waals surface area contributed by atoms with Crippen LogP contribution in [-0.4, -0.2) is 13.4 Å². The molecule has 0 spiro atoms. The van der Waals surface area contributed by atoms with Gasteiger partial charge in [0.2, 0.25) is 6.79 Å². The van der Waals surface area contributed by atoms with Crippen molar-refractivity contribution in [2.75, 3.05) is 13.4 Å². The molecule has 0 fully saturated rings. The molecule has 0 bridgehead atoms. The van der Waals surface area contributed by atoms with E-state index in [9.17, 15) is 0 Å². The number of hydrogen-bond acceptors (Lipinski definition) is 3. The molecule has 1 aromatic rings. The lowest BCUT2D eigenvalue weighted by molar-refractivity contribution is 0.173. The zero-order chi connectivity index (χ0) is 9.80. The van der Waals surface area contributed by atoms with Crippen LogP contribution in [-0.2, 0) is 0 Å². The molecule has 0 saturated carbocycles. The number of unbranched alkanes of at least 4 members (excludes halogenated alkanes) is 1. The normalized spacial score (nSPS) is 12.9. The second-order valence-electron chi connectivity index (χ2n) is 3.07.